The Kier molecular flexibility index (Phi) is 3.03. The van der Waals surface area contributed by atoms with Gasteiger partial charge in [-0.1, -0.05) is 17.7 Å². The first kappa shape index (κ1) is 9.74. The standard InChI is InChI=1S/C9H10ClN3/c1-7-2-3-8(4-9(7)10)13(5-11)6-12/h2-6,11-12H,1H3. The zero-order valence-corrected chi connectivity index (χ0v) is 7.97. The van der Waals surface area contributed by atoms with Crippen molar-refractivity contribution >= 4 is 30.0 Å². The minimum Gasteiger partial charge on any atom is -0.292 e. The first-order chi connectivity index (χ1) is 6.19. The SMILES string of the molecule is Cc1ccc(N(C=N)C=N)cc1Cl. The van der Waals surface area contributed by atoms with E-state index in [4.69, 9.17) is 22.4 Å². The summed E-state index contributed by atoms with van der Waals surface area (Å²) in [6, 6.07) is 5.40. The fourth-order valence-electron chi connectivity index (χ4n) is 0.929. The van der Waals surface area contributed by atoms with Crippen LogP contribution < -0.4 is 4.90 Å². The molecule has 0 saturated carbocycles. The fourth-order valence-corrected chi connectivity index (χ4v) is 1.10. The van der Waals surface area contributed by atoms with Gasteiger partial charge in [-0.3, -0.25) is 15.7 Å². The lowest BCUT2D eigenvalue weighted by Gasteiger charge is -2.12. The summed E-state index contributed by atoms with van der Waals surface area (Å²) in [5.41, 5.74) is 1.71. The van der Waals surface area contributed by atoms with Gasteiger partial charge in [0.2, 0.25) is 0 Å². The highest BCUT2D eigenvalue weighted by molar-refractivity contribution is 6.31. The van der Waals surface area contributed by atoms with E-state index in [1.54, 1.807) is 6.07 Å². The van der Waals surface area contributed by atoms with Gasteiger partial charge in [-0.15, -0.1) is 0 Å². The normalized spacial score (nSPS) is 9.38. The van der Waals surface area contributed by atoms with Crippen molar-refractivity contribution in [1.82, 2.24) is 0 Å². The van der Waals surface area contributed by atoms with Gasteiger partial charge in [0.1, 0.15) is 0 Å². The van der Waals surface area contributed by atoms with Crippen molar-refractivity contribution < 1.29 is 0 Å². The number of aryl methyl sites for hydroxylation is 1. The second-order valence-corrected chi connectivity index (χ2v) is 3.01. The molecule has 0 fully saturated rings. The van der Waals surface area contributed by atoms with E-state index in [-0.39, 0.29) is 0 Å². The number of rotatable bonds is 3. The molecular formula is C9H10ClN3. The van der Waals surface area contributed by atoms with E-state index in [0.717, 1.165) is 23.9 Å². The van der Waals surface area contributed by atoms with Gasteiger partial charge in [0, 0.05) is 10.7 Å². The van der Waals surface area contributed by atoms with E-state index < -0.39 is 0 Å². The van der Waals surface area contributed by atoms with Gasteiger partial charge in [-0.2, -0.15) is 0 Å². The van der Waals surface area contributed by atoms with Crippen LogP contribution in [0, 0.1) is 17.7 Å². The quantitative estimate of drug-likeness (QED) is 0.566. The molecule has 1 rings (SSSR count). The van der Waals surface area contributed by atoms with Gasteiger partial charge in [0.15, 0.2) is 0 Å². The van der Waals surface area contributed by atoms with Crippen LogP contribution in [0.2, 0.25) is 5.02 Å². The van der Waals surface area contributed by atoms with Crippen molar-refractivity contribution in [3.8, 4) is 0 Å². The Balaban J connectivity index is 3.08. The second-order valence-electron chi connectivity index (χ2n) is 2.60. The molecule has 0 radical (unpaired) electrons. The van der Waals surface area contributed by atoms with Crippen LogP contribution in [-0.2, 0) is 0 Å². The Morgan fingerprint density at radius 2 is 1.92 bits per heavy atom. The predicted molar refractivity (Wildman–Crippen MR) is 56.2 cm³/mol. The summed E-state index contributed by atoms with van der Waals surface area (Å²) in [6.07, 6.45) is 2.13. The summed E-state index contributed by atoms with van der Waals surface area (Å²) >= 11 is 5.89. The molecule has 0 aromatic heterocycles. The lowest BCUT2D eigenvalue weighted by atomic mass is 10.2. The number of halogens is 1. The van der Waals surface area contributed by atoms with E-state index >= 15 is 0 Å². The van der Waals surface area contributed by atoms with Gasteiger partial charge < -0.3 is 0 Å². The summed E-state index contributed by atoms with van der Waals surface area (Å²) in [6.45, 7) is 1.91. The zero-order valence-electron chi connectivity index (χ0n) is 7.21. The lowest BCUT2D eigenvalue weighted by Crippen LogP contribution is -2.17. The Hall–Kier alpha value is -1.35. The maximum absolute atomic E-state index is 7.03. The van der Waals surface area contributed by atoms with Crippen molar-refractivity contribution in [3.05, 3.63) is 28.8 Å². The van der Waals surface area contributed by atoms with E-state index in [1.807, 2.05) is 19.1 Å². The monoisotopic (exact) mass is 195 g/mol. The van der Waals surface area contributed by atoms with Gasteiger partial charge in [0.05, 0.1) is 12.7 Å². The molecule has 13 heavy (non-hydrogen) atoms. The highest BCUT2D eigenvalue weighted by atomic mass is 35.5. The highest BCUT2D eigenvalue weighted by Gasteiger charge is 2.01. The Morgan fingerprint density at radius 3 is 2.38 bits per heavy atom. The molecule has 3 nitrogen and oxygen atoms in total. The lowest BCUT2D eigenvalue weighted by molar-refractivity contribution is 1.37. The highest BCUT2D eigenvalue weighted by Crippen LogP contribution is 2.21. The van der Waals surface area contributed by atoms with Crippen molar-refractivity contribution in [1.29, 1.82) is 10.8 Å². The molecule has 0 atom stereocenters. The first-order valence-corrected chi connectivity index (χ1v) is 4.12. The molecule has 0 unspecified atom stereocenters. The fraction of sp³-hybridized carbons (Fsp3) is 0.111. The van der Waals surface area contributed by atoms with Crippen molar-refractivity contribution in [2.75, 3.05) is 4.90 Å². The van der Waals surface area contributed by atoms with Crippen LogP contribution in [0.1, 0.15) is 5.56 Å². The predicted octanol–water partition coefficient (Wildman–Crippen LogP) is 2.67. The number of benzene rings is 1. The van der Waals surface area contributed by atoms with Crippen LogP contribution in [0.15, 0.2) is 18.2 Å². The maximum Gasteiger partial charge on any atom is 0.0915 e. The third-order valence-electron chi connectivity index (χ3n) is 1.73. The average molecular weight is 196 g/mol. The molecule has 0 saturated heterocycles. The Labute approximate surface area is 82.0 Å². The van der Waals surface area contributed by atoms with Crippen LogP contribution in [0.5, 0.6) is 0 Å². The summed E-state index contributed by atoms with van der Waals surface area (Å²) < 4.78 is 0. The van der Waals surface area contributed by atoms with Gasteiger partial charge in [0.25, 0.3) is 0 Å². The number of hydrogen-bond donors (Lipinski definition) is 2. The molecule has 0 aliphatic rings. The van der Waals surface area contributed by atoms with Crippen molar-refractivity contribution in [3.63, 3.8) is 0 Å². The minimum atomic E-state index is 0.645. The van der Waals surface area contributed by atoms with E-state index in [9.17, 15) is 0 Å². The summed E-state index contributed by atoms with van der Waals surface area (Å²) in [7, 11) is 0. The molecule has 0 spiro atoms. The van der Waals surface area contributed by atoms with Crippen LogP contribution in [0.25, 0.3) is 0 Å². The molecule has 4 heteroatoms. The molecule has 1 aromatic carbocycles. The molecule has 1 aromatic rings. The van der Waals surface area contributed by atoms with Gasteiger partial charge >= 0.3 is 0 Å². The van der Waals surface area contributed by atoms with Crippen LogP contribution in [0.3, 0.4) is 0 Å². The average Bonchev–Trinajstić information content (AvgIpc) is 2.13. The van der Waals surface area contributed by atoms with E-state index in [1.165, 1.54) is 4.90 Å². The maximum atomic E-state index is 7.03. The molecule has 0 bridgehead atoms. The van der Waals surface area contributed by atoms with Crippen molar-refractivity contribution in [2.24, 2.45) is 0 Å². The topological polar surface area (TPSA) is 50.9 Å². The number of hydrogen-bond acceptors (Lipinski definition) is 2. The molecule has 2 N–H and O–H groups in total. The third kappa shape index (κ3) is 2.06. The van der Waals surface area contributed by atoms with E-state index in [2.05, 4.69) is 0 Å². The van der Waals surface area contributed by atoms with Gasteiger partial charge in [-0.25, -0.2) is 0 Å². The third-order valence-corrected chi connectivity index (χ3v) is 2.14. The number of nitrogens with one attached hydrogen (secondary N) is 2. The first-order valence-electron chi connectivity index (χ1n) is 3.74. The molecule has 0 aliphatic carbocycles. The Morgan fingerprint density at radius 1 is 1.31 bits per heavy atom. The molecular weight excluding hydrogens is 186 g/mol. The van der Waals surface area contributed by atoms with Gasteiger partial charge in [-0.05, 0) is 24.6 Å². The molecule has 0 heterocycles. The minimum absolute atomic E-state index is 0.645. The van der Waals surface area contributed by atoms with Crippen LogP contribution in [0.4, 0.5) is 5.69 Å². The molecule has 0 amide bonds. The van der Waals surface area contributed by atoms with E-state index in [0.29, 0.717) is 5.02 Å². The van der Waals surface area contributed by atoms with Crippen molar-refractivity contribution in [2.45, 2.75) is 6.92 Å². The largest absolute Gasteiger partial charge is 0.292 e. The van der Waals surface area contributed by atoms with Crippen LogP contribution in [-0.4, -0.2) is 12.7 Å². The summed E-state index contributed by atoms with van der Waals surface area (Å²) in [4.78, 5) is 1.37. The smallest absolute Gasteiger partial charge is 0.0915 e. The summed E-state index contributed by atoms with van der Waals surface area (Å²) in [5.74, 6) is 0. The number of nitrogens with zero attached hydrogens (tertiary/aromatic N) is 1. The second kappa shape index (κ2) is 4.05. The Bertz CT molecular complexity index is 328. The van der Waals surface area contributed by atoms with Crippen LogP contribution >= 0.6 is 11.6 Å². The molecule has 68 valence electrons. The molecule has 0 aliphatic heterocycles. The number of anilines is 1. The summed E-state index contributed by atoms with van der Waals surface area (Å²) in [5, 5.41) is 14.7. The zero-order chi connectivity index (χ0) is 9.84.